The summed E-state index contributed by atoms with van der Waals surface area (Å²) in [6.07, 6.45) is -3.89. The van der Waals surface area contributed by atoms with Crippen LogP contribution < -0.4 is 5.43 Å². The number of hydrogen-bond acceptors (Lipinski definition) is 2. The molecule has 1 fully saturated rings. The molecule has 2 aromatic rings. The minimum Gasteiger partial charge on any atom is -0.288 e. The average Bonchev–Trinajstić information content (AvgIpc) is 2.91. The molecule has 1 N–H and O–H groups in total. The first-order chi connectivity index (χ1) is 10.9. The van der Waals surface area contributed by atoms with Gasteiger partial charge in [-0.05, 0) is 34.4 Å². The van der Waals surface area contributed by atoms with Gasteiger partial charge in [0.05, 0.1) is 0 Å². The van der Waals surface area contributed by atoms with Gasteiger partial charge in [-0.15, -0.1) is 0 Å². The van der Waals surface area contributed by atoms with Gasteiger partial charge in [0.15, 0.2) is 0 Å². The van der Waals surface area contributed by atoms with Crippen LogP contribution in [0.4, 0.5) is 13.2 Å². The Morgan fingerprint density at radius 1 is 1.22 bits per heavy atom. The number of fused-ring (bicyclic) bond motifs is 1. The van der Waals surface area contributed by atoms with Crippen LogP contribution in [0, 0.1) is 0 Å². The third-order valence-corrected chi connectivity index (χ3v) is 4.15. The van der Waals surface area contributed by atoms with Crippen molar-refractivity contribution in [1.82, 2.24) is 10.4 Å². The zero-order valence-electron chi connectivity index (χ0n) is 12.7. The monoisotopic (exact) mass is 322 g/mol. The first-order valence-electron chi connectivity index (χ1n) is 7.54. The highest BCUT2D eigenvalue weighted by Crippen LogP contribution is 2.40. The Hall–Kier alpha value is -2.08. The Morgan fingerprint density at radius 2 is 1.87 bits per heavy atom. The van der Waals surface area contributed by atoms with Gasteiger partial charge in [-0.2, -0.15) is 13.2 Å². The third-order valence-electron chi connectivity index (χ3n) is 4.15. The molecule has 0 radical (unpaired) electrons. The van der Waals surface area contributed by atoms with Crippen molar-refractivity contribution >= 4 is 16.7 Å². The van der Waals surface area contributed by atoms with Gasteiger partial charge in [0.1, 0.15) is 6.04 Å². The van der Waals surface area contributed by atoms with Crippen molar-refractivity contribution < 1.29 is 18.0 Å². The molecule has 0 spiro atoms. The number of amides is 1. The van der Waals surface area contributed by atoms with E-state index < -0.39 is 12.2 Å². The minimum atomic E-state index is -4.47. The predicted octanol–water partition coefficient (Wildman–Crippen LogP) is 3.74. The van der Waals surface area contributed by atoms with Gasteiger partial charge in [0.2, 0.25) is 5.91 Å². The van der Waals surface area contributed by atoms with E-state index in [-0.39, 0.29) is 24.4 Å². The number of benzene rings is 2. The Balaban J connectivity index is 2.14. The Kier molecular flexibility index (Phi) is 4.02. The molecule has 23 heavy (non-hydrogen) atoms. The second-order valence-corrected chi connectivity index (χ2v) is 5.67. The molecular weight excluding hydrogens is 305 g/mol. The van der Waals surface area contributed by atoms with E-state index in [1.807, 2.05) is 19.1 Å². The number of carbonyl (C=O) groups is 1. The van der Waals surface area contributed by atoms with Gasteiger partial charge >= 0.3 is 6.18 Å². The number of hydrogen-bond donors (Lipinski definition) is 1. The molecule has 1 atom stereocenters. The highest BCUT2D eigenvalue weighted by atomic mass is 19.4. The van der Waals surface area contributed by atoms with Crippen LogP contribution in [0.5, 0.6) is 0 Å². The minimum absolute atomic E-state index is 0.0546. The number of nitrogens with one attached hydrogen (secondary N) is 1. The lowest BCUT2D eigenvalue weighted by Gasteiger charge is -2.31. The molecule has 3 nitrogen and oxygen atoms in total. The smallest absolute Gasteiger partial charge is 0.288 e. The summed E-state index contributed by atoms with van der Waals surface area (Å²) in [5.74, 6) is -0.377. The van der Waals surface area contributed by atoms with Crippen molar-refractivity contribution in [1.29, 1.82) is 0 Å². The van der Waals surface area contributed by atoms with Crippen LogP contribution in [-0.4, -0.2) is 23.6 Å². The number of hydrazine groups is 1. The molecule has 1 aliphatic heterocycles. The molecule has 1 amide bonds. The highest BCUT2D eigenvalue weighted by Gasteiger charge is 2.47. The van der Waals surface area contributed by atoms with Gasteiger partial charge in [-0.3, -0.25) is 10.2 Å². The average molecular weight is 322 g/mol. The zero-order valence-corrected chi connectivity index (χ0v) is 12.7. The van der Waals surface area contributed by atoms with Crippen molar-refractivity contribution in [3.8, 4) is 0 Å². The SMILES string of the molecule is CCc1cc2ccccc2cc1[C@H](N1CCC(=O)N1)C(F)(F)F. The number of aryl methyl sites for hydroxylation is 1. The maximum atomic E-state index is 13.7. The molecule has 122 valence electrons. The van der Waals surface area contributed by atoms with Crippen LogP contribution in [0.3, 0.4) is 0 Å². The summed E-state index contributed by atoms with van der Waals surface area (Å²) in [6, 6.07) is 8.93. The van der Waals surface area contributed by atoms with E-state index in [2.05, 4.69) is 5.43 Å². The van der Waals surface area contributed by atoms with Crippen LogP contribution in [0.15, 0.2) is 36.4 Å². The van der Waals surface area contributed by atoms with Crippen molar-refractivity contribution in [2.75, 3.05) is 6.54 Å². The Morgan fingerprint density at radius 3 is 2.39 bits per heavy atom. The van der Waals surface area contributed by atoms with Gasteiger partial charge in [0, 0.05) is 13.0 Å². The van der Waals surface area contributed by atoms with Gasteiger partial charge in [0.25, 0.3) is 0 Å². The van der Waals surface area contributed by atoms with Gasteiger partial charge in [-0.1, -0.05) is 37.3 Å². The van der Waals surface area contributed by atoms with Crippen LogP contribution >= 0.6 is 0 Å². The number of carbonyl (C=O) groups excluding carboxylic acids is 1. The zero-order chi connectivity index (χ0) is 16.6. The predicted molar refractivity (Wildman–Crippen MR) is 81.6 cm³/mol. The third kappa shape index (κ3) is 3.03. The molecule has 0 saturated carbocycles. The molecule has 0 aromatic heterocycles. The molecule has 3 rings (SSSR count). The van der Waals surface area contributed by atoms with E-state index in [0.717, 1.165) is 15.8 Å². The number of halogens is 3. The van der Waals surface area contributed by atoms with Crippen LogP contribution in [0.1, 0.15) is 30.5 Å². The lowest BCUT2D eigenvalue weighted by atomic mass is 9.93. The topological polar surface area (TPSA) is 32.3 Å². The molecule has 2 aromatic carbocycles. The first kappa shape index (κ1) is 15.8. The molecule has 0 unspecified atom stereocenters. The maximum Gasteiger partial charge on any atom is 0.409 e. The summed E-state index contributed by atoms with van der Waals surface area (Å²) < 4.78 is 41.1. The normalized spacial score (nSPS) is 17.5. The summed E-state index contributed by atoms with van der Waals surface area (Å²) in [5, 5.41) is 2.69. The second-order valence-electron chi connectivity index (χ2n) is 5.67. The lowest BCUT2D eigenvalue weighted by molar-refractivity contribution is -0.191. The summed E-state index contributed by atoms with van der Waals surface area (Å²) in [5.41, 5.74) is 3.19. The molecule has 0 aliphatic carbocycles. The van der Waals surface area contributed by atoms with E-state index in [9.17, 15) is 18.0 Å². The van der Waals surface area contributed by atoms with Crippen LogP contribution in [0.2, 0.25) is 0 Å². The molecule has 0 bridgehead atoms. The quantitative estimate of drug-likeness (QED) is 0.933. The number of nitrogens with zero attached hydrogens (tertiary/aromatic N) is 1. The molecule has 1 heterocycles. The van der Waals surface area contributed by atoms with E-state index in [1.54, 1.807) is 24.3 Å². The van der Waals surface area contributed by atoms with E-state index in [0.29, 0.717) is 12.0 Å². The molecular formula is C17H17F3N2O. The fraction of sp³-hybridized carbons (Fsp3) is 0.353. The van der Waals surface area contributed by atoms with Crippen LogP contribution in [-0.2, 0) is 11.2 Å². The van der Waals surface area contributed by atoms with Crippen molar-refractivity contribution in [3.63, 3.8) is 0 Å². The van der Waals surface area contributed by atoms with Crippen molar-refractivity contribution in [2.45, 2.75) is 32.0 Å². The lowest BCUT2D eigenvalue weighted by Crippen LogP contribution is -2.44. The van der Waals surface area contributed by atoms with E-state index >= 15 is 0 Å². The largest absolute Gasteiger partial charge is 0.409 e. The van der Waals surface area contributed by atoms with E-state index in [4.69, 9.17) is 0 Å². The van der Waals surface area contributed by atoms with Crippen molar-refractivity contribution in [2.24, 2.45) is 0 Å². The maximum absolute atomic E-state index is 13.7. The molecule has 6 heteroatoms. The number of rotatable bonds is 3. The Bertz CT molecular complexity index is 742. The highest BCUT2D eigenvalue weighted by molar-refractivity contribution is 5.84. The first-order valence-corrected chi connectivity index (χ1v) is 7.54. The van der Waals surface area contributed by atoms with E-state index in [1.165, 1.54) is 0 Å². The van der Waals surface area contributed by atoms with Gasteiger partial charge < -0.3 is 0 Å². The summed E-state index contributed by atoms with van der Waals surface area (Å²) >= 11 is 0. The molecule has 1 aliphatic rings. The van der Waals surface area contributed by atoms with Crippen molar-refractivity contribution in [3.05, 3.63) is 47.5 Å². The summed E-state index contributed by atoms with van der Waals surface area (Å²) in [6.45, 7) is 1.89. The fourth-order valence-corrected chi connectivity index (χ4v) is 3.07. The standard InChI is InChI=1S/C17H17F3N2O/c1-2-11-9-12-5-3-4-6-13(12)10-14(11)16(17(18,19)20)22-8-7-15(23)21-22/h3-6,9-10,16H,2,7-8H2,1H3,(H,21,23)/t16-/m0/s1. The number of alkyl halides is 3. The summed E-state index contributed by atoms with van der Waals surface area (Å²) in [7, 11) is 0. The van der Waals surface area contributed by atoms with Gasteiger partial charge in [-0.25, -0.2) is 5.01 Å². The molecule has 1 saturated heterocycles. The van der Waals surface area contributed by atoms with Crippen LogP contribution in [0.25, 0.3) is 10.8 Å². The second kappa shape index (κ2) is 5.85. The fourth-order valence-electron chi connectivity index (χ4n) is 3.07. The summed E-state index contributed by atoms with van der Waals surface area (Å²) in [4.78, 5) is 11.4. The Labute approximate surface area is 132 Å².